The highest BCUT2D eigenvalue weighted by Gasteiger charge is 2.73. The lowest BCUT2D eigenvalue weighted by Gasteiger charge is -2.60. The highest BCUT2D eigenvalue weighted by Crippen LogP contribution is 2.69. The summed E-state index contributed by atoms with van der Waals surface area (Å²) in [6, 6.07) is 4.04. The first kappa shape index (κ1) is 48.2. The van der Waals surface area contributed by atoms with Crippen molar-refractivity contribution in [1.82, 2.24) is 10.6 Å². The fourth-order valence-corrected chi connectivity index (χ4v) is 9.48. The predicted octanol–water partition coefficient (Wildman–Crippen LogP) is 7.23. The van der Waals surface area contributed by atoms with Crippen LogP contribution in [0.4, 0.5) is 9.59 Å². The molecule has 0 aromatic heterocycles. The zero-order valence-electron chi connectivity index (χ0n) is 38.6. The molecule has 344 valence electrons. The third-order valence-corrected chi connectivity index (χ3v) is 16.6. The molecule has 1 heterocycles. The van der Waals surface area contributed by atoms with Crippen molar-refractivity contribution in [1.29, 1.82) is 0 Å². The van der Waals surface area contributed by atoms with Crippen LogP contribution in [0, 0.1) is 5.92 Å². The van der Waals surface area contributed by atoms with E-state index in [9.17, 15) is 28.8 Å². The topological polar surface area (TPSA) is 200 Å². The van der Waals surface area contributed by atoms with Gasteiger partial charge in [0.2, 0.25) is 0 Å². The Labute approximate surface area is 365 Å². The van der Waals surface area contributed by atoms with Gasteiger partial charge in [-0.25, -0.2) is 9.59 Å². The van der Waals surface area contributed by atoms with Crippen molar-refractivity contribution < 1.29 is 66.4 Å². The average Bonchev–Trinajstić information content (AvgIpc) is 3.46. The number of nitrogens with one attached hydrogen (secondary N) is 2. The molecule has 2 N–H and O–H groups in total. The molecule has 17 heteroatoms. The molecule has 4 aliphatic rings. The number of carbonyl (C=O) groups excluding carboxylic acids is 6. The number of ether oxygens (including phenoxy) is 7. The Bertz CT molecular complexity index is 1960. The quantitative estimate of drug-likeness (QED) is 0.108. The second-order valence-electron chi connectivity index (χ2n) is 20.2. The Kier molecular flexibility index (Phi) is 13.8. The largest absolute Gasteiger partial charge is 0.541 e. The fourth-order valence-electron chi connectivity index (χ4n) is 8.46. The number of carbonyl (C=O) groups is 6. The van der Waals surface area contributed by atoms with Crippen LogP contribution in [0.2, 0.25) is 18.1 Å². The molecule has 1 aromatic carbocycles. The molecule has 2 bridgehead atoms. The van der Waals surface area contributed by atoms with Gasteiger partial charge in [-0.3, -0.25) is 19.2 Å². The molecular weight excluding hydrogens is 821 g/mol. The first-order valence-corrected chi connectivity index (χ1v) is 24.5. The molecule has 16 nitrogen and oxygen atoms in total. The molecule has 6 atom stereocenters. The predicted molar refractivity (Wildman–Crippen MR) is 228 cm³/mol. The maximum atomic E-state index is 14.0. The Morgan fingerprint density at radius 3 is 1.90 bits per heavy atom. The molecule has 1 aliphatic heterocycles. The molecule has 1 saturated carbocycles. The Balaban J connectivity index is 1.37. The van der Waals surface area contributed by atoms with Gasteiger partial charge < -0.3 is 48.2 Å². The van der Waals surface area contributed by atoms with Crippen LogP contribution in [0.5, 0.6) is 11.5 Å². The first-order valence-electron chi connectivity index (χ1n) is 21.6. The van der Waals surface area contributed by atoms with Crippen molar-refractivity contribution >= 4 is 44.4 Å². The van der Waals surface area contributed by atoms with Crippen LogP contribution in [0.3, 0.4) is 0 Å². The molecule has 0 radical (unpaired) electrons. The van der Waals surface area contributed by atoms with E-state index < -0.39 is 84.9 Å². The van der Waals surface area contributed by atoms with E-state index in [1.807, 2.05) is 6.07 Å². The van der Waals surface area contributed by atoms with Crippen molar-refractivity contribution in [2.24, 2.45) is 5.92 Å². The molecule has 5 rings (SSSR count). The Hall–Kier alpha value is -4.80. The van der Waals surface area contributed by atoms with Crippen molar-refractivity contribution in [3.05, 3.63) is 35.1 Å². The zero-order chi connectivity index (χ0) is 46.2. The zero-order valence-corrected chi connectivity index (χ0v) is 39.6. The summed E-state index contributed by atoms with van der Waals surface area (Å²) in [5.74, 6) is -1.03. The molecule has 3 aliphatic carbocycles. The van der Waals surface area contributed by atoms with Crippen LogP contribution in [0.15, 0.2) is 24.0 Å². The van der Waals surface area contributed by atoms with Gasteiger partial charge in [-0.1, -0.05) is 33.3 Å². The van der Waals surface area contributed by atoms with Gasteiger partial charge in [0.15, 0.2) is 24.1 Å². The molecule has 1 aromatic rings. The SMILES string of the molecule is C[C@H](OC(=O)OC(C)(C)C)C(=O)NCCC(=O)OC1=CC[C@@]2(OC(=O)CCNC(=O)[C@H](C)OC(=O)OC(C)(C)C)[C@@H]3CCC[C@@]24c2c(ccc(O[Si](C)(C)C(C)(C)C)c2O[C@@H]14)C3. The lowest BCUT2D eigenvalue weighted by atomic mass is 9.46. The van der Waals surface area contributed by atoms with Crippen LogP contribution in [0.1, 0.15) is 126 Å². The van der Waals surface area contributed by atoms with Crippen LogP contribution in [0.25, 0.3) is 0 Å². The number of hydrogen-bond acceptors (Lipinski definition) is 14. The number of amides is 2. The van der Waals surface area contributed by atoms with Gasteiger partial charge in [0.05, 0.1) is 18.3 Å². The summed E-state index contributed by atoms with van der Waals surface area (Å²) in [6.07, 6.45) is -0.704. The summed E-state index contributed by atoms with van der Waals surface area (Å²) < 4.78 is 47.1. The monoisotopic (exact) mass is 886 g/mol. The minimum atomic E-state index is -2.38. The minimum Gasteiger partial charge on any atom is -0.541 e. The third-order valence-electron chi connectivity index (χ3n) is 12.2. The van der Waals surface area contributed by atoms with E-state index in [4.69, 9.17) is 37.6 Å². The maximum absolute atomic E-state index is 14.0. The van der Waals surface area contributed by atoms with Crippen LogP contribution in [-0.4, -0.2) is 92.6 Å². The van der Waals surface area contributed by atoms with Crippen molar-refractivity contribution in [2.75, 3.05) is 13.1 Å². The highest BCUT2D eigenvalue weighted by atomic mass is 28.4. The lowest BCUT2D eigenvalue weighted by Crippen LogP contribution is -2.69. The normalized spacial score (nSPS) is 23.5. The van der Waals surface area contributed by atoms with Crippen LogP contribution >= 0.6 is 0 Å². The molecule has 62 heavy (non-hydrogen) atoms. The van der Waals surface area contributed by atoms with E-state index in [1.165, 1.54) is 13.8 Å². The highest BCUT2D eigenvalue weighted by molar-refractivity contribution is 6.74. The van der Waals surface area contributed by atoms with E-state index >= 15 is 0 Å². The summed E-state index contributed by atoms with van der Waals surface area (Å²) in [6.45, 7) is 23.5. The number of esters is 2. The number of rotatable bonds is 14. The number of benzene rings is 1. The summed E-state index contributed by atoms with van der Waals surface area (Å²) >= 11 is 0. The van der Waals surface area contributed by atoms with Gasteiger partial charge in [0.1, 0.15) is 28.3 Å². The van der Waals surface area contributed by atoms with Gasteiger partial charge >= 0.3 is 24.2 Å². The van der Waals surface area contributed by atoms with Crippen LogP contribution in [-0.2, 0) is 59.4 Å². The summed E-state index contributed by atoms with van der Waals surface area (Å²) in [5.41, 5.74) is -1.65. The van der Waals surface area contributed by atoms with Crippen molar-refractivity contribution in [3.63, 3.8) is 0 Å². The van der Waals surface area contributed by atoms with Gasteiger partial charge in [0, 0.05) is 31.0 Å². The second kappa shape index (κ2) is 17.8. The molecule has 1 spiro atoms. The molecule has 1 fully saturated rings. The Morgan fingerprint density at radius 2 is 1.37 bits per heavy atom. The Morgan fingerprint density at radius 1 is 0.823 bits per heavy atom. The third kappa shape index (κ3) is 10.3. The minimum absolute atomic E-state index is 0.0686. The van der Waals surface area contributed by atoms with Gasteiger partial charge in [-0.05, 0) is 110 Å². The summed E-state index contributed by atoms with van der Waals surface area (Å²) in [5, 5.41) is 5.13. The van der Waals surface area contributed by atoms with Gasteiger partial charge in [-0.15, -0.1) is 0 Å². The molecule has 0 unspecified atom stereocenters. The van der Waals surface area contributed by atoms with Crippen molar-refractivity contribution in [2.45, 2.75) is 180 Å². The summed E-state index contributed by atoms with van der Waals surface area (Å²) in [4.78, 5) is 77.1. The fraction of sp³-hybridized carbons (Fsp3) is 0.689. The maximum Gasteiger partial charge on any atom is 0.509 e. The second-order valence-corrected chi connectivity index (χ2v) is 25.0. The lowest BCUT2D eigenvalue weighted by molar-refractivity contribution is -0.200. The van der Waals surface area contributed by atoms with E-state index in [2.05, 4.69) is 50.6 Å². The summed E-state index contributed by atoms with van der Waals surface area (Å²) in [7, 11) is -2.38. The molecule has 2 amide bonds. The molecule has 0 saturated heterocycles. The number of hydrogen-bond donors (Lipinski definition) is 2. The van der Waals surface area contributed by atoms with Gasteiger partial charge in [0.25, 0.3) is 20.1 Å². The smallest absolute Gasteiger partial charge is 0.509 e. The van der Waals surface area contributed by atoms with E-state index in [0.29, 0.717) is 24.3 Å². The van der Waals surface area contributed by atoms with E-state index in [0.717, 1.165) is 24.0 Å². The standard InChI is InChI=1S/C45H66N2O14Si/c1-26(54-39(52)59-41(3,4)5)37(50)46-23-19-32(48)56-31-18-22-45(58-33(49)20-24-47-38(51)27(2)55-40(53)60-42(6,7)8)29-15-14-21-44(45)34-28(25-29)16-17-30(35(34)57-36(31)44)61-62(12,13)43(9,10)11/h16-18,26-27,29,36H,14-15,19-25H2,1-13H3,(H,46,50)(H,47,51)/t26-,27-,29+,36-,44-,45+/m0/s1. The first-order chi connectivity index (χ1) is 28.6. The van der Waals surface area contributed by atoms with Crippen LogP contribution < -0.4 is 19.8 Å². The molecular formula is C45H66N2O14Si. The van der Waals surface area contributed by atoms with Crippen molar-refractivity contribution in [3.8, 4) is 11.5 Å². The van der Waals surface area contributed by atoms with E-state index in [1.54, 1.807) is 47.6 Å². The van der Waals surface area contributed by atoms with Gasteiger partial charge in [-0.2, -0.15) is 0 Å². The van der Waals surface area contributed by atoms with E-state index in [-0.39, 0.29) is 49.1 Å². The average molecular weight is 887 g/mol.